The predicted octanol–water partition coefficient (Wildman–Crippen LogP) is 2.63. The van der Waals surface area contributed by atoms with Gasteiger partial charge in [0.1, 0.15) is 0 Å². The van der Waals surface area contributed by atoms with Crippen molar-refractivity contribution in [2.24, 2.45) is 0 Å². The lowest BCUT2D eigenvalue weighted by atomic mass is 10.1. The molecule has 29 heavy (non-hydrogen) atoms. The van der Waals surface area contributed by atoms with Crippen LogP contribution in [0.25, 0.3) is 0 Å². The quantitative estimate of drug-likeness (QED) is 0.723. The number of hydrogen-bond acceptors (Lipinski definition) is 5. The Kier molecular flexibility index (Phi) is 6.89. The molecule has 0 bridgehead atoms. The van der Waals surface area contributed by atoms with Gasteiger partial charge in [0.25, 0.3) is 0 Å². The maximum Gasteiger partial charge on any atom is 0.243 e. The number of sulfonamides is 1. The molecule has 0 aromatic heterocycles. The van der Waals surface area contributed by atoms with Gasteiger partial charge in [-0.15, -0.1) is 0 Å². The minimum atomic E-state index is -3.57. The Bertz CT molecular complexity index is 970. The van der Waals surface area contributed by atoms with Gasteiger partial charge in [-0.1, -0.05) is 31.2 Å². The van der Waals surface area contributed by atoms with Gasteiger partial charge in [-0.05, 0) is 42.7 Å². The van der Waals surface area contributed by atoms with Crippen LogP contribution in [0.1, 0.15) is 18.1 Å². The first kappa shape index (κ1) is 21.3. The highest BCUT2D eigenvalue weighted by molar-refractivity contribution is 7.89. The number of carbonyl (C=O) groups excluding carboxylic acids is 1. The van der Waals surface area contributed by atoms with Gasteiger partial charge in [-0.3, -0.25) is 4.79 Å². The van der Waals surface area contributed by atoms with Crippen LogP contribution in [-0.4, -0.2) is 51.5 Å². The summed E-state index contributed by atoms with van der Waals surface area (Å²) >= 11 is 0. The number of carbonyl (C=O) groups is 1. The van der Waals surface area contributed by atoms with Gasteiger partial charge in [0.15, 0.2) is 0 Å². The van der Waals surface area contributed by atoms with Crippen LogP contribution in [0.4, 0.5) is 11.4 Å². The first-order chi connectivity index (χ1) is 13.9. The third kappa shape index (κ3) is 5.14. The number of hydrogen-bond donors (Lipinski definition) is 2. The minimum Gasteiger partial charge on any atom is -0.379 e. The van der Waals surface area contributed by atoms with Crippen molar-refractivity contribution in [3.63, 3.8) is 0 Å². The second-order valence-corrected chi connectivity index (χ2v) is 8.85. The van der Waals surface area contributed by atoms with E-state index in [1.165, 1.54) is 4.31 Å². The van der Waals surface area contributed by atoms with E-state index < -0.39 is 10.0 Å². The van der Waals surface area contributed by atoms with E-state index in [1.807, 2.05) is 32.0 Å². The van der Waals surface area contributed by atoms with E-state index in [9.17, 15) is 13.2 Å². The van der Waals surface area contributed by atoms with Gasteiger partial charge < -0.3 is 15.4 Å². The van der Waals surface area contributed by atoms with Crippen LogP contribution in [0.2, 0.25) is 0 Å². The number of rotatable bonds is 7. The Morgan fingerprint density at radius 3 is 2.59 bits per heavy atom. The zero-order valence-corrected chi connectivity index (χ0v) is 17.6. The summed E-state index contributed by atoms with van der Waals surface area (Å²) in [6.07, 6.45) is 0.826. The van der Waals surface area contributed by atoms with Crippen LogP contribution in [0.15, 0.2) is 47.4 Å². The SMILES string of the molecule is CCc1cccc(C)c1NC(=O)CNc1cccc(S(=O)(=O)N2CCOCC2)c1. The van der Waals surface area contributed by atoms with E-state index in [0.717, 1.165) is 23.2 Å². The third-order valence-corrected chi connectivity index (χ3v) is 6.79. The Morgan fingerprint density at radius 1 is 1.14 bits per heavy atom. The lowest BCUT2D eigenvalue weighted by Gasteiger charge is -2.26. The van der Waals surface area contributed by atoms with Crippen molar-refractivity contribution in [2.45, 2.75) is 25.2 Å². The molecule has 0 atom stereocenters. The summed E-state index contributed by atoms with van der Waals surface area (Å²) in [5.41, 5.74) is 3.51. The summed E-state index contributed by atoms with van der Waals surface area (Å²) in [4.78, 5) is 12.6. The van der Waals surface area contributed by atoms with Gasteiger partial charge in [0, 0.05) is 24.5 Å². The van der Waals surface area contributed by atoms with Crippen molar-refractivity contribution in [1.82, 2.24) is 4.31 Å². The van der Waals surface area contributed by atoms with Crippen LogP contribution in [0.3, 0.4) is 0 Å². The van der Waals surface area contributed by atoms with Crippen molar-refractivity contribution in [3.8, 4) is 0 Å². The van der Waals surface area contributed by atoms with Crippen molar-refractivity contribution in [1.29, 1.82) is 0 Å². The fourth-order valence-electron chi connectivity index (χ4n) is 3.27. The van der Waals surface area contributed by atoms with E-state index in [1.54, 1.807) is 24.3 Å². The Balaban J connectivity index is 1.66. The molecule has 1 saturated heterocycles. The molecule has 0 radical (unpaired) electrons. The molecule has 1 aliphatic rings. The molecule has 2 N–H and O–H groups in total. The summed E-state index contributed by atoms with van der Waals surface area (Å²) in [5.74, 6) is -0.185. The van der Waals surface area contributed by atoms with Gasteiger partial charge in [0.2, 0.25) is 15.9 Å². The minimum absolute atomic E-state index is 0.0402. The molecule has 2 aromatic rings. The van der Waals surface area contributed by atoms with Crippen LogP contribution >= 0.6 is 0 Å². The number of nitrogens with one attached hydrogen (secondary N) is 2. The number of ether oxygens (including phenoxy) is 1. The molecular formula is C21H27N3O4S. The monoisotopic (exact) mass is 417 g/mol. The van der Waals surface area contributed by atoms with E-state index in [-0.39, 0.29) is 17.3 Å². The molecule has 1 fully saturated rings. The highest BCUT2D eigenvalue weighted by Crippen LogP contribution is 2.22. The number of anilines is 2. The summed E-state index contributed by atoms with van der Waals surface area (Å²) in [7, 11) is -3.57. The lowest BCUT2D eigenvalue weighted by Crippen LogP contribution is -2.40. The highest BCUT2D eigenvalue weighted by Gasteiger charge is 2.26. The maximum absolute atomic E-state index is 12.8. The fraction of sp³-hybridized carbons (Fsp3) is 0.381. The summed E-state index contributed by atoms with van der Waals surface area (Å²) in [5, 5.41) is 5.97. The number of morpholine rings is 1. The Morgan fingerprint density at radius 2 is 1.86 bits per heavy atom. The fourth-order valence-corrected chi connectivity index (χ4v) is 4.72. The molecule has 0 unspecified atom stereocenters. The summed E-state index contributed by atoms with van der Waals surface area (Å²) < 4.78 is 32.2. The highest BCUT2D eigenvalue weighted by atomic mass is 32.2. The van der Waals surface area contributed by atoms with E-state index in [4.69, 9.17) is 4.74 Å². The molecule has 7 nitrogen and oxygen atoms in total. The number of benzene rings is 2. The standard InChI is InChI=1S/C21H27N3O4S/c1-3-17-7-4-6-16(2)21(17)23-20(25)15-22-18-8-5-9-19(14-18)29(26,27)24-10-12-28-13-11-24/h4-9,14,22H,3,10-13,15H2,1-2H3,(H,23,25). The number of para-hydroxylation sites is 1. The smallest absolute Gasteiger partial charge is 0.243 e. The molecule has 8 heteroatoms. The summed E-state index contributed by atoms with van der Waals surface area (Å²) in [6, 6.07) is 12.5. The molecule has 0 aliphatic carbocycles. The molecule has 156 valence electrons. The van der Waals surface area contributed by atoms with E-state index in [0.29, 0.717) is 32.0 Å². The number of amides is 1. The molecule has 0 saturated carbocycles. The van der Waals surface area contributed by atoms with E-state index >= 15 is 0 Å². The average molecular weight is 418 g/mol. The third-order valence-electron chi connectivity index (χ3n) is 4.90. The van der Waals surface area contributed by atoms with Gasteiger partial charge >= 0.3 is 0 Å². The molecule has 1 aliphatic heterocycles. The van der Waals surface area contributed by atoms with Crippen LogP contribution in [-0.2, 0) is 26.0 Å². The zero-order valence-electron chi connectivity index (χ0n) is 16.8. The molecule has 1 amide bonds. The summed E-state index contributed by atoms with van der Waals surface area (Å²) in [6.45, 7) is 5.53. The lowest BCUT2D eigenvalue weighted by molar-refractivity contribution is -0.114. The van der Waals surface area contributed by atoms with Crippen molar-refractivity contribution in [3.05, 3.63) is 53.6 Å². The van der Waals surface area contributed by atoms with Gasteiger partial charge in [0.05, 0.1) is 24.7 Å². The van der Waals surface area contributed by atoms with Crippen LogP contribution < -0.4 is 10.6 Å². The largest absolute Gasteiger partial charge is 0.379 e. The van der Waals surface area contributed by atoms with Crippen molar-refractivity contribution >= 4 is 27.3 Å². The second-order valence-electron chi connectivity index (χ2n) is 6.91. The number of aryl methyl sites for hydroxylation is 2. The first-order valence-corrected chi connectivity index (χ1v) is 11.2. The molecule has 1 heterocycles. The predicted molar refractivity (Wildman–Crippen MR) is 114 cm³/mol. The molecule has 2 aromatic carbocycles. The molecule has 3 rings (SSSR count). The normalized spacial score (nSPS) is 15.1. The maximum atomic E-state index is 12.8. The van der Waals surface area contributed by atoms with Crippen LogP contribution in [0, 0.1) is 6.92 Å². The zero-order chi connectivity index (χ0) is 20.9. The Hall–Kier alpha value is -2.42. The average Bonchev–Trinajstić information content (AvgIpc) is 2.74. The van der Waals surface area contributed by atoms with Gasteiger partial charge in [-0.25, -0.2) is 8.42 Å². The molecule has 0 spiro atoms. The first-order valence-electron chi connectivity index (χ1n) is 9.72. The molecular weight excluding hydrogens is 390 g/mol. The van der Waals surface area contributed by atoms with Crippen LogP contribution in [0.5, 0.6) is 0 Å². The second kappa shape index (κ2) is 9.39. The number of nitrogens with zero attached hydrogens (tertiary/aromatic N) is 1. The Labute approximate surface area is 172 Å². The van der Waals surface area contributed by atoms with Gasteiger partial charge in [-0.2, -0.15) is 4.31 Å². The van der Waals surface area contributed by atoms with E-state index in [2.05, 4.69) is 10.6 Å². The van der Waals surface area contributed by atoms with Crippen molar-refractivity contribution < 1.29 is 17.9 Å². The topological polar surface area (TPSA) is 87.7 Å². The van der Waals surface area contributed by atoms with Crippen molar-refractivity contribution in [2.75, 3.05) is 43.5 Å².